The molecule has 0 aliphatic rings. The third-order valence-corrected chi connectivity index (χ3v) is 22.7. The number of fused-ring (bicyclic) bond motifs is 7. The fourth-order valence-corrected chi connectivity index (χ4v) is 16.1. The van der Waals surface area contributed by atoms with E-state index in [1.54, 1.807) is 24.8 Å². The van der Waals surface area contributed by atoms with E-state index in [0.717, 1.165) is 22.3 Å². The Kier molecular flexibility index (Phi) is 28.7. The van der Waals surface area contributed by atoms with Crippen molar-refractivity contribution in [2.75, 3.05) is 0 Å². The third-order valence-electron chi connectivity index (χ3n) is 22.7. The molecule has 2 aromatic heterocycles. The number of rotatable bonds is 9. The first-order chi connectivity index (χ1) is 64.5. The van der Waals surface area contributed by atoms with E-state index in [-0.39, 0.29) is 0 Å². The monoisotopic (exact) mass is 1660 g/mol. The second-order valence-electron chi connectivity index (χ2n) is 31.2. The van der Waals surface area contributed by atoms with Crippen LogP contribution in [0, 0.1) is 0 Å². The van der Waals surface area contributed by atoms with Crippen LogP contribution in [0.3, 0.4) is 0 Å². The van der Waals surface area contributed by atoms with E-state index in [9.17, 15) is 0 Å². The zero-order valence-electron chi connectivity index (χ0n) is 72.1. The van der Waals surface area contributed by atoms with Crippen molar-refractivity contribution < 1.29 is 0 Å². The van der Waals surface area contributed by atoms with Crippen LogP contribution in [-0.4, -0.2) is 19.9 Å². The molecule has 0 saturated heterocycles. The minimum atomic E-state index is 0.996. The van der Waals surface area contributed by atoms with Gasteiger partial charge >= 0.3 is 0 Å². The molecule has 0 fully saturated rings. The molecule has 0 aliphatic heterocycles. The van der Waals surface area contributed by atoms with Crippen LogP contribution in [-0.2, 0) is 0 Å². The van der Waals surface area contributed by atoms with Crippen LogP contribution in [0.5, 0.6) is 0 Å². The minimum Gasteiger partial charge on any atom is -0.244 e. The SMILES string of the molecule is c1cc(-c2cncnc2)cc(-c2cncnc2)c1.c1ccc(-c2ccc3ccccc3c2)cc1.c1ccc(-c2cccc(-c3ccc4ccccc4c3)c2)cc1.c1ccc(-c2cccc(-c3cccc4ccccc34)c2)cc1.c1ccc(-c2cccc3ccccc23)cc1.c1ccc(-c2cccc3ccccc23)cc1.c1ccc2ccccc2c1.c1ccc2ccccc2c1. The van der Waals surface area contributed by atoms with Gasteiger partial charge in [0.1, 0.15) is 12.7 Å². The molecule has 4 nitrogen and oxygen atoms in total. The van der Waals surface area contributed by atoms with Crippen LogP contribution in [0.15, 0.2) is 571 Å². The topological polar surface area (TPSA) is 51.6 Å². The van der Waals surface area contributed by atoms with Crippen LogP contribution in [0.2, 0.25) is 0 Å². The Bertz CT molecular complexity index is 7310. The number of hydrogen-bond acceptors (Lipinski definition) is 4. The van der Waals surface area contributed by atoms with Gasteiger partial charge in [-0.25, -0.2) is 19.9 Å². The quantitative estimate of drug-likeness (QED) is 0.145. The predicted octanol–water partition coefficient (Wildman–Crippen LogP) is 34.1. The van der Waals surface area contributed by atoms with E-state index in [4.69, 9.17) is 0 Å². The highest BCUT2D eigenvalue weighted by molar-refractivity contribution is 6.00. The van der Waals surface area contributed by atoms with E-state index < -0.39 is 0 Å². The summed E-state index contributed by atoms with van der Waals surface area (Å²) in [5.74, 6) is 0. The molecule has 0 unspecified atom stereocenters. The second-order valence-corrected chi connectivity index (χ2v) is 31.2. The number of benzene rings is 22. The lowest BCUT2D eigenvalue weighted by Gasteiger charge is -2.09. The Balaban J connectivity index is 0.000000105. The van der Waals surface area contributed by atoms with E-state index in [2.05, 4.69) is 530 Å². The average molecular weight is 1660 g/mol. The van der Waals surface area contributed by atoms with Crippen molar-refractivity contribution in [3.8, 4) is 100 Å². The summed E-state index contributed by atoms with van der Waals surface area (Å²) in [4.78, 5) is 16.1. The molecule has 0 saturated carbocycles. The van der Waals surface area contributed by atoms with Crippen LogP contribution < -0.4 is 0 Å². The molecule has 0 aliphatic carbocycles. The fourth-order valence-electron chi connectivity index (χ4n) is 16.1. The summed E-state index contributed by atoms with van der Waals surface area (Å²) in [6.07, 6.45) is 10.2. The molecule has 24 aromatic rings. The zero-order valence-corrected chi connectivity index (χ0v) is 72.1. The Morgan fingerprint density at radius 2 is 0.285 bits per heavy atom. The van der Waals surface area contributed by atoms with Crippen molar-refractivity contribution in [1.82, 2.24) is 19.9 Å². The molecule has 0 spiro atoms. The van der Waals surface area contributed by atoms with Gasteiger partial charge in [-0.2, -0.15) is 0 Å². The van der Waals surface area contributed by atoms with Gasteiger partial charge in [0.05, 0.1) is 0 Å². The lowest BCUT2D eigenvalue weighted by Crippen LogP contribution is -1.85. The average Bonchev–Trinajstić information content (AvgIpc) is 0.777. The first-order valence-corrected chi connectivity index (χ1v) is 43.9. The van der Waals surface area contributed by atoms with Gasteiger partial charge < -0.3 is 0 Å². The van der Waals surface area contributed by atoms with Gasteiger partial charge in [0.2, 0.25) is 0 Å². The summed E-state index contributed by atoms with van der Waals surface area (Å²) >= 11 is 0. The molecular weight excluding hydrogens is 1570 g/mol. The van der Waals surface area contributed by atoms with Crippen molar-refractivity contribution in [1.29, 1.82) is 0 Å². The normalized spacial score (nSPS) is 10.5. The molecule has 130 heavy (non-hydrogen) atoms. The minimum absolute atomic E-state index is 0.996. The van der Waals surface area contributed by atoms with Crippen LogP contribution >= 0.6 is 0 Å². The Morgan fingerprint density at radius 3 is 0.592 bits per heavy atom. The lowest BCUT2D eigenvalue weighted by atomic mass is 9.95. The van der Waals surface area contributed by atoms with Crippen molar-refractivity contribution in [3.05, 3.63) is 571 Å². The maximum Gasteiger partial charge on any atom is 0.115 e. The second kappa shape index (κ2) is 43.9. The standard InChI is InChI=1S/2C22H16.3C16H12.C14H10N4.2C10H8/c1-2-8-17(9-3-1)19-12-6-13-20(16-19)22-15-7-11-18-10-4-5-14-21(18)22;1-2-7-17(8-3-1)20-11-6-12-21(15-20)22-14-13-18-9-4-5-10-19(18)16-22;2*1-2-7-13(8-3-1)16-12-6-10-14-9-4-5-11-15(14)16;1-2-6-13(7-3-1)16-11-10-14-8-4-5-9-15(14)12-16;1-2-11(13-5-15-9-16-6-13)4-12(3-1)14-7-17-10-18-8-14;2*1-2-6-10-8-4-3-7-9(10)5-1/h2*1-16H;3*1-12H;1-10H;2*1-8H. The molecule has 0 radical (unpaired) electrons. The summed E-state index contributed by atoms with van der Waals surface area (Å²) < 4.78 is 0. The fraction of sp³-hybridized carbons (Fsp3) is 0. The summed E-state index contributed by atoms with van der Waals surface area (Å²) in [5, 5.41) is 18.2. The largest absolute Gasteiger partial charge is 0.244 e. The van der Waals surface area contributed by atoms with Crippen molar-refractivity contribution in [2.24, 2.45) is 0 Å². The van der Waals surface area contributed by atoms with E-state index in [1.165, 1.54) is 166 Å². The maximum absolute atomic E-state index is 4.03. The molecule has 0 N–H and O–H groups in total. The van der Waals surface area contributed by atoms with E-state index in [1.807, 2.05) is 24.3 Å². The molecule has 2 heterocycles. The van der Waals surface area contributed by atoms with Crippen LogP contribution in [0.4, 0.5) is 0 Å². The number of aromatic nitrogens is 4. The molecule has 0 amide bonds. The number of hydrogen-bond donors (Lipinski definition) is 0. The Labute approximate surface area is 761 Å². The van der Waals surface area contributed by atoms with Gasteiger partial charge in [-0.05, 0) is 195 Å². The first kappa shape index (κ1) is 85.0. The van der Waals surface area contributed by atoms with Gasteiger partial charge in [0, 0.05) is 35.9 Å². The summed E-state index contributed by atoms with van der Waals surface area (Å²) in [6, 6.07) is 187. The summed E-state index contributed by atoms with van der Waals surface area (Å²) in [6.45, 7) is 0. The van der Waals surface area contributed by atoms with Crippen LogP contribution in [0.1, 0.15) is 0 Å². The van der Waals surface area contributed by atoms with Crippen molar-refractivity contribution in [3.63, 3.8) is 0 Å². The Morgan fingerprint density at radius 1 is 0.100 bits per heavy atom. The van der Waals surface area contributed by atoms with Crippen molar-refractivity contribution >= 4 is 75.4 Å². The first-order valence-electron chi connectivity index (χ1n) is 43.9. The third kappa shape index (κ3) is 22.5. The van der Waals surface area contributed by atoms with Gasteiger partial charge in [-0.3, -0.25) is 0 Å². The maximum atomic E-state index is 4.03. The van der Waals surface area contributed by atoms with Crippen molar-refractivity contribution in [2.45, 2.75) is 0 Å². The van der Waals surface area contributed by atoms with Crippen LogP contribution in [0.25, 0.3) is 176 Å². The van der Waals surface area contributed by atoms with Gasteiger partial charge in [-0.1, -0.05) is 504 Å². The highest BCUT2D eigenvalue weighted by atomic mass is 14.8. The Hall–Kier alpha value is -17.2. The predicted molar refractivity (Wildman–Crippen MR) is 554 cm³/mol. The van der Waals surface area contributed by atoms with Gasteiger partial charge in [0.25, 0.3) is 0 Å². The molecule has 4 heteroatoms. The number of nitrogens with zero attached hydrogens (tertiary/aromatic N) is 4. The summed E-state index contributed by atoms with van der Waals surface area (Å²) in [5.41, 5.74) is 22.0. The molecule has 618 valence electrons. The van der Waals surface area contributed by atoms with Gasteiger partial charge in [-0.15, -0.1) is 0 Å². The van der Waals surface area contributed by atoms with Gasteiger partial charge in [0.15, 0.2) is 0 Å². The molecule has 24 rings (SSSR count). The smallest absolute Gasteiger partial charge is 0.115 e. The molecular formula is C126H94N4. The van der Waals surface area contributed by atoms with E-state index >= 15 is 0 Å². The zero-order chi connectivity index (χ0) is 87.8. The molecule has 22 aromatic carbocycles. The highest BCUT2D eigenvalue weighted by Gasteiger charge is 2.10. The lowest BCUT2D eigenvalue weighted by molar-refractivity contribution is 1.17. The molecule has 0 atom stereocenters. The highest BCUT2D eigenvalue weighted by Crippen LogP contribution is 2.36. The van der Waals surface area contributed by atoms with E-state index in [0.29, 0.717) is 0 Å². The summed E-state index contributed by atoms with van der Waals surface area (Å²) in [7, 11) is 0. The molecule has 0 bridgehead atoms.